The highest BCUT2D eigenvalue weighted by Gasteiger charge is 2.08. The lowest BCUT2D eigenvalue weighted by atomic mass is 10.1. The van der Waals surface area contributed by atoms with Crippen LogP contribution in [0.5, 0.6) is 5.75 Å². The summed E-state index contributed by atoms with van der Waals surface area (Å²) in [6, 6.07) is 4.71. The molecular formula is C17H24N4O3. The van der Waals surface area contributed by atoms with E-state index in [0.29, 0.717) is 6.61 Å². The lowest BCUT2D eigenvalue weighted by molar-refractivity contribution is -0.384. The third-order valence-corrected chi connectivity index (χ3v) is 3.88. The lowest BCUT2D eigenvalue weighted by Crippen LogP contribution is -2.00. The predicted octanol–water partition coefficient (Wildman–Crippen LogP) is 3.91. The minimum Gasteiger partial charge on any atom is -0.493 e. The molecule has 0 aliphatic rings. The van der Waals surface area contributed by atoms with Crippen molar-refractivity contribution in [2.24, 2.45) is 0 Å². The van der Waals surface area contributed by atoms with Gasteiger partial charge in [-0.3, -0.25) is 14.8 Å². The molecule has 2 rings (SSSR count). The van der Waals surface area contributed by atoms with Crippen molar-refractivity contribution in [3.8, 4) is 5.75 Å². The molecule has 0 radical (unpaired) electrons. The minimum absolute atomic E-state index is 0.103. The Morgan fingerprint density at radius 2 is 1.92 bits per heavy atom. The van der Waals surface area contributed by atoms with E-state index in [1.165, 1.54) is 25.3 Å². The molecule has 24 heavy (non-hydrogen) atoms. The summed E-state index contributed by atoms with van der Waals surface area (Å²) in [5.41, 5.74) is 0.906. The minimum atomic E-state index is -0.389. The second-order valence-electron chi connectivity index (χ2n) is 5.84. The summed E-state index contributed by atoms with van der Waals surface area (Å²) in [7, 11) is 0. The molecule has 0 amide bonds. The fourth-order valence-corrected chi connectivity index (χ4v) is 2.52. The molecule has 7 heteroatoms. The number of benzene rings is 1. The number of nitrogens with zero attached hydrogens (tertiary/aromatic N) is 4. The van der Waals surface area contributed by atoms with E-state index in [4.69, 9.17) is 4.74 Å². The standard InChI is InChI=1S/C17H24N4O3/c1-15-12-16(21(22)23)8-9-17(15)24-11-7-5-3-2-4-6-10-20-14-18-13-19-20/h8-9,12-14H,2-7,10-11H2,1H3. The molecule has 0 aliphatic heterocycles. The van der Waals surface area contributed by atoms with Crippen LogP contribution in [-0.4, -0.2) is 26.3 Å². The second-order valence-corrected chi connectivity index (χ2v) is 5.84. The van der Waals surface area contributed by atoms with E-state index in [0.717, 1.165) is 37.1 Å². The molecule has 1 heterocycles. The van der Waals surface area contributed by atoms with Gasteiger partial charge in [0.25, 0.3) is 5.69 Å². The summed E-state index contributed by atoms with van der Waals surface area (Å²) < 4.78 is 7.57. The second kappa shape index (κ2) is 9.64. The number of ether oxygens (including phenoxy) is 1. The van der Waals surface area contributed by atoms with Crippen molar-refractivity contribution in [1.29, 1.82) is 0 Å². The SMILES string of the molecule is Cc1cc([N+](=O)[O-])ccc1OCCCCCCCCn1cncn1. The van der Waals surface area contributed by atoms with Crippen LogP contribution in [0.3, 0.4) is 0 Å². The van der Waals surface area contributed by atoms with Gasteiger partial charge in [0.1, 0.15) is 18.4 Å². The molecule has 0 fully saturated rings. The van der Waals surface area contributed by atoms with Crippen LogP contribution >= 0.6 is 0 Å². The average molecular weight is 332 g/mol. The first kappa shape index (κ1) is 17.9. The predicted molar refractivity (Wildman–Crippen MR) is 91.1 cm³/mol. The van der Waals surface area contributed by atoms with Gasteiger partial charge in [-0.05, 0) is 31.4 Å². The maximum Gasteiger partial charge on any atom is 0.269 e. The van der Waals surface area contributed by atoms with E-state index < -0.39 is 0 Å². The fraction of sp³-hybridized carbons (Fsp3) is 0.529. The first-order chi connectivity index (χ1) is 11.7. The Morgan fingerprint density at radius 1 is 1.17 bits per heavy atom. The summed E-state index contributed by atoms with van der Waals surface area (Å²) in [4.78, 5) is 14.2. The van der Waals surface area contributed by atoms with Gasteiger partial charge in [0.2, 0.25) is 0 Å². The number of rotatable bonds is 11. The van der Waals surface area contributed by atoms with Gasteiger partial charge >= 0.3 is 0 Å². The number of nitro groups is 1. The van der Waals surface area contributed by atoms with Gasteiger partial charge in [-0.25, -0.2) is 4.98 Å². The Labute approximate surface area is 141 Å². The van der Waals surface area contributed by atoms with Crippen LogP contribution in [0, 0.1) is 17.0 Å². The van der Waals surface area contributed by atoms with Crippen molar-refractivity contribution in [3.05, 3.63) is 46.5 Å². The van der Waals surface area contributed by atoms with E-state index in [9.17, 15) is 10.1 Å². The number of aryl methyl sites for hydroxylation is 2. The summed E-state index contributed by atoms with van der Waals surface area (Å²) in [5.74, 6) is 0.730. The number of aromatic nitrogens is 3. The quantitative estimate of drug-likeness (QED) is 0.354. The summed E-state index contributed by atoms with van der Waals surface area (Å²) in [6.07, 6.45) is 10.2. The summed E-state index contributed by atoms with van der Waals surface area (Å²) in [5, 5.41) is 14.8. The summed E-state index contributed by atoms with van der Waals surface area (Å²) in [6.45, 7) is 3.41. The van der Waals surface area contributed by atoms with E-state index >= 15 is 0 Å². The molecule has 0 unspecified atom stereocenters. The van der Waals surface area contributed by atoms with Crippen LogP contribution in [0.1, 0.15) is 44.1 Å². The Balaban J connectivity index is 1.51. The number of nitro benzene ring substituents is 1. The Hall–Kier alpha value is -2.44. The van der Waals surface area contributed by atoms with Crippen molar-refractivity contribution in [2.45, 2.75) is 52.0 Å². The molecule has 0 atom stereocenters. The van der Waals surface area contributed by atoms with Crippen LogP contribution in [0.4, 0.5) is 5.69 Å². The zero-order valence-electron chi connectivity index (χ0n) is 14.1. The van der Waals surface area contributed by atoms with E-state index in [2.05, 4.69) is 10.1 Å². The van der Waals surface area contributed by atoms with Gasteiger partial charge < -0.3 is 4.74 Å². The van der Waals surface area contributed by atoms with Crippen LogP contribution in [-0.2, 0) is 6.54 Å². The lowest BCUT2D eigenvalue weighted by Gasteiger charge is -2.08. The molecule has 0 bridgehead atoms. The van der Waals surface area contributed by atoms with Gasteiger partial charge in [0, 0.05) is 18.7 Å². The molecule has 1 aromatic heterocycles. The molecule has 0 aliphatic carbocycles. The van der Waals surface area contributed by atoms with Gasteiger partial charge in [0.05, 0.1) is 11.5 Å². The number of unbranched alkanes of at least 4 members (excludes halogenated alkanes) is 5. The van der Waals surface area contributed by atoms with Gasteiger partial charge in [0.15, 0.2) is 0 Å². The van der Waals surface area contributed by atoms with Crippen LogP contribution in [0.15, 0.2) is 30.9 Å². The van der Waals surface area contributed by atoms with E-state index in [1.807, 2.05) is 11.6 Å². The number of non-ortho nitro benzene ring substituents is 1. The van der Waals surface area contributed by atoms with E-state index in [-0.39, 0.29) is 10.6 Å². The Morgan fingerprint density at radius 3 is 2.58 bits per heavy atom. The van der Waals surface area contributed by atoms with Gasteiger partial charge in [-0.1, -0.05) is 25.7 Å². The highest BCUT2D eigenvalue weighted by atomic mass is 16.6. The van der Waals surface area contributed by atoms with Crippen molar-refractivity contribution in [2.75, 3.05) is 6.61 Å². The first-order valence-electron chi connectivity index (χ1n) is 8.37. The first-order valence-corrected chi connectivity index (χ1v) is 8.37. The van der Waals surface area contributed by atoms with Crippen LogP contribution in [0.25, 0.3) is 0 Å². The van der Waals surface area contributed by atoms with Crippen molar-refractivity contribution < 1.29 is 9.66 Å². The molecule has 0 spiro atoms. The number of hydrogen-bond acceptors (Lipinski definition) is 5. The molecule has 0 N–H and O–H groups in total. The zero-order chi connectivity index (χ0) is 17.2. The largest absolute Gasteiger partial charge is 0.493 e. The molecule has 7 nitrogen and oxygen atoms in total. The topological polar surface area (TPSA) is 83.1 Å². The smallest absolute Gasteiger partial charge is 0.269 e. The maximum atomic E-state index is 10.7. The fourth-order valence-electron chi connectivity index (χ4n) is 2.52. The third-order valence-electron chi connectivity index (χ3n) is 3.88. The molecule has 0 saturated heterocycles. The average Bonchev–Trinajstić information content (AvgIpc) is 3.07. The molecule has 2 aromatic rings. The van der Waals surface area contributed by atoms with Crippen molar-refractivity contribution >= 4 is 5.69 Å². The molecular weight excluding hydrogens is 308 g/mol. The molecule has 130 valence electrons. The maximum absolute atomic E-state index is 10.7. The highest BCUT2D eigenvalue weighted by Crippen LogP contribution is 2.23. The van der Waals surface area contributed by atoms with Gasteiger partial charge in [-0.15, -0.1) is 0 Å². The highest BCUT2D eigenvalue weighted by molar-refractivity contribution is 5.42. The van der Waals surface area contributed by atoms with Gasteiger partial charge in [-0.2, -0.15) is 5.10 Å². The number of hydrogen-bond donors (Lipinski definition) is 0. The molecule has 0 saturated carbocycles. The van der Waals surface area contributed by atoms with Crippen molar-refractivity contribution in [1.82, 2.24) is 14.8 Å². The Kier molecular flexibility index (Phi) is 7.20. The normalized spacial score (nSPS) is 10.7. The van der Waals surface area contributed by atoms with Crippen LogP contribution < -0.4 is 4.74 Å². The van der Waals surface area contributed by atoms with Crippen LogP contribution in [0.2, 0.25) is 0 Å². The van der Waals surface area contributed by atoms with Crippen molar-refractivity contribution in [3.63, 3.8) is 0 Å². The third kappa shape index (κ3) is 5.98. The van der Waals surface area contributed by atoms with E-state index in [1.54, 1.807) is 24.8 Å². The summed E-state index contributed by atoms with van der Waals surface area (Å²) >= 11 is 0. The Bertz CT molecular complexity index is 629. The zero-order valence-corrected chi connectivity index (χ0v) is 14.1. The molecule has 1 aromatic carbocycles. The monoisotopic (exact) mass is 332 g/mol.